The number of aromatic carboxylic acids is 1. The number of carboxylic acid groups (broad SMARTS) is 1. The highest BCUT2D eigenvalue weighted by Gasteiger charge is 2.23. The number of urea groups is 1. The number of anilines is 1. The van der Waals surface area contributed by atoms with E-state index in [9.17, 15) is 14.7 Å². The molecule has 0 bridgehead atoms. The van der Waals surface area contributed by atoms with Gasteiger partial charge < -0.3 is 20.4 Å². The summed E-state index contributed by atoms with van der Waals surface area (Å²) in [6, 6.07) is 3.59. The van der Waals surface area contributed by atoms with Gasteiger partial charge in [-0.3, -0.25) is 0 Å². The molecule has 0 heterocycles. The molecular formula is C15H20N2O4. The molecule has 2 rings (SSSR count). The summed E-state index contributed by atoms with van der Waals surface area (Å²) in [6.45, 7) is 3.22. The monoisotopic (exact) mass is 292 g/mol. The van der Waals surface area contributed by atoms with E-state index >= 15 is 0 Å². The highest BCUT2D eigenvalue weighted by Crippen LogP contribution is 2.28. The zero-order valence-corrected chi connectivity index (χ0v) is 12.0. The number of nitrogens with one attached hydrogen (secondary N) is 1. The number of hydrogen-bond donors (Lipinski definition) is 3. The Kier molecular flexibility index (Phi) is 4.67. The Balaban J connectivity index is 2.01. The van der Waals surface area contributed by atoms with Crippen molar-refractivity contribution in [2.75, 3.05) is 18.4 Å². The van der Waals surface area contributed by atoms with Crippen LogP contribution in [0.3, 0.4) is 0 Å². The van der Waals surface area contributed by atoms with Gasteiger partial charge in [0.05, 0.1) is 11.3 Å². The first-order chi connectivity index (χ1) is 10.0. The van der Waals surface area contributed by atoms with E-state index in [1.54, 1.807) is 4.90 Å². The number of amides is 2. The van der Waals surface area contributed by atoms with Gasteiger partial charge in [0.1, 0.15) is 5.75 Å². The van der Waals surface area contributed by atoms with E-state index < -0.39 is 5.97 Å². The van der Waals surface area contributed by atoms with Crippen molar-refractivity contribution < 1.29 is 19.8 Å². The Bertz CT molecular complexity index is 540. The molecule has 0 saturated heterocycles. The van der Waals surface area contributed by atoms with Gasteiger partial charge in [-0.15, -0.1) is 0 Å². The molecule has 0 unspecified atom stereocenters. The average molecular weight is 292 g/mol. The third kappa shape index (κ3) is 3.65. The van der Waals surface area contributed by atoms with Crippen molar-refractivity contribution in [1.82, 2.24) is 4.90 Å². The second-order valence-electron chi connectivity index (χ2n) is 5.30. The molecule has 114 valence electrons. The molecule has 1 aliphatic carbocycles. The fraction of sp³-hybridized carbons (Fsp3) is 0.467. The molecule has 0 radical (unpaired) electrons. The van der Waals surface area contributed by atoms with E-state index in [0.29, 0.717) is 12.5 Å². The highest BCUT2D eigenvalue weighted by molar-refractivity contribution is 5.93. The maximum absolute atomic E-state index is 12.2. The van der Waals surface area contributed by atoms with Crippen LogP contribution in [0.15, 0.2) is 18.2 Å². The Hall–Kier alpha value is -2.24. The van der Waals surface area contributed by atoms with E-state index in [1.165, 1.54) is 18.6 Å². The molecule has 21 heavy (non-hydrogen) atoms. The van der Waals surface area contributed by atoms with E-state index in [2.05, 4.69) is 5.32 Å². The molecule has 0 atom stereocenters. The number of phenolic OH excluding ortho intramolecular Hbond substituents is 1. The summed E-state index contributed by atoms with van der Waals surface area (Å²) < 4.78 is 0. The van der Waals surface area contributed by atoms with Gasteiger partial charge in [-0.05, 0) is 43.9 Å². The molecule has 6 nitrogen and oxygen atoms in total. The van der Waals surface area contributed by atoms with Gasteiger partial charge >= 0.3 is 12.0 Å². The largest absolute Gasteiger partial charge is 0.506 e. The molecule has 1 aromatic rings. The quantitative estimate of drug-likeness (QED) is 0.728. The first kappa shape index (κ1) is 15.2. The lowest BCUT2D eigenvalue weighted by molar-refractivity contribution is 0.0696. The van der Waals surface area contributed by atoms with Gasteiger partial charge in [-0.25, -0.2) is 9.59 Å². The molecule has 1 saturated carbocycles. The third-order valence-electron chi connectivity index (χ3n) is 3.86. The van der Waals surface area contributed by atoms with Gasteiger partial charge in [0.15, 0.2) is 0 Å². The predicted molar refractivity (Wildman–Crippen MR) is 78.7 cm³/mol. The third-order valence-corrected chi connectivity index (χ3v) is 3.86. The Morgan fingerprint density at radius 3 is 2.57 bits per heavy atom. The second-order valence-corrected chi connectivity index (χ2v) is 5.30. The zero-order chi connectivity index (χ0) is 15.4. The average Bonchev–Trinajstić information content (AvgIpc) is 2.39. The molecule has 1 aromatic carbocycles. The van der Waals surface area contributed by atoms with Crippen molar-refractivity contribution >= 4 is 17.7 Å². The SMILES string of the molecule is CCN(CC1CCC1)C(=O)Nc1ccc(C(=O)O)cc1O. The van der Waals surface area contributed by atoms with E-state index in [0.717, 1.165) is 25.5 Å². The van der Waals surface area contributed by atoms with Crippen molar-refractivity contribution in [2.24, 2.45) is 5.92 Å². The summed E-state index contributed by atoms with van der Waals surface area (Å²) in [6.07, 6.45) is 3.53. The number of aromatic hydroxyl groups is 1. The predicted octanol–water partition coefficient (Wildman–Crippen LogP) is 2.74. The van der Waals surface area contributed by atoms with Gasteiger partial charge in [0.25, 0.3) is 0 Å². The van der Waals surface area contributed by atoms with Crippen molar-refractivity contribution in [2.45, 2.75) is 26.2 Å². The zero-order valence-electron chi connectivity index (χ0n) is 12.0. The van der Waals surface area contributed by atoms with E-state index in [-0.39, 0.29) is 23.0 Å². The lowest BCUT2D eigenvalue weighted by Gasteiger charge is -2.31. The fourth-order valence-corrected chi connectivity index (χ4v) is 2.31. The maximum Gasteiger partial charge on any atom is 0.335 e. The first-order valence-electron chi connectivity index (χ1n) is 7.13. The van der Waals surface area contributed by atoms with Crippen LogP contribution in [-0.2, 0) is 0 Å². The summed E-state index contributed by atoms with van der Waals surface area (Å²) in [7, 11) is 0. The molecular weight excluding hydrogens is 272 g/mol. The molecule has 2 amide bonds. The molecule has 0 aliphatic heterocycles. The number of hydrogen-bond acceptors (Lipinski definition) is 3. The Labute approximate surface area is 123 Å². The minimum absolute atomic E-state index is 0.0210. The molecule has 1 aliphatic rings. The number of phenols is 1. The van der Waals surface area contributed by atoms with Crippen molar-refractivity contribution in [3.05, 3.63) is 23.8 Å². The minimum Gasteiger partial charge on any atom is -0.506 e. The second kappa shape index (κ2) is 6.47. The van der Waals surface area contributed by atoms with Crippen molar-refractivity contribution in [1.29, 1.82) is 0 Å². The van der Waals surface area contributed by atoms with E-state index in [4.69, 9.17) is 5.11 Å². The lowest BCUT2D eigenvalue weighted by atomic mass is 9.85. The van der Waals surface area contributed by atoms with Gasteiger partial charge in [-0.2, -0.15) is 0 Å². The maximum atomic E-state index is 12.2. The van der Waals surface area contributed by atoms with Gasteiger partial charge in [0, 0.05) is 13.1 Å². The number of nitrogens with zero attached hydrogens (tertiary/aromatic N) is 1. The van der Waals surface area contributed by atoms with Crippen LogP contribution in [0.25, 0.3) is 0 Å². The Morgan fingerprint density at radius 1 is 1.38 bits per heavy atom. The summed E-state index contributed by atoms with van der Waals surface area (Å²) in [5.74, 6) is -0.801. The standard InChI is InChI=1S/C15H20N2O4/c1-2-17(9-10-4-3-5-10)15(21)16-12-7-6-11(14(19)20)8-13(12)18/h6-8,10,18H,2-5,9H2,1H3,(H,16,21)(H,19,20). The van der Waals surface area contributed by atoms with Gasteiger partial charge in [0.2, 0.25) is 0 Å². The van der Waals surface area contributed by atoms with Gasteiger partial charge in [-0.1, -0.05) is 6.42 Å². The molecule has 3 N–H and O–H groups in total. The van der Waals surface area contributed by atoms with Crippen molar-refractivity contribution in [3.63, 3.8) is 0 Å². The van der Waals surface area contributed by atoms with Crippen LogP contribution in [0.2, 0.25) is 0 Å². The minimum atomic E-state index is -1.12. The van der Waals surface area contributed by atoms with Crippen LogP contribution in [0.5, 0.6) is 5.75 Å². The lowest BCUT2D eigenvalue weighted by Crippen LogP contribution is -2.39. The number of carbonyl (C=O) groups is 2. The number of carboxylic acids is 1. The summed E-state index contributed by atoms with van der Waals surface area (Å²) in [5, 5.41) is 21.2. The van der Waals surface area contributed by atoms with Crippen LogP contribution in [0.4, 0.5) is 10.5 Å². The number of rotatable bonds is 5. The normalized spacial score (nSPS) is 14.3. The number of carbonyl (C=O) groups excluding carboxylic acids is 1. The van der Waals surface area contributed by atoms with Crippen LogP contribution in [0, 0.1) is 5.92 Å². The molecule has 0 spiro atoms. The van der Waals surface area contributed by atoms with Crippen LogP contribution >= 0.6 is 0 Å². The summed E-state index contributed by atoms with van der Waals surface area (Å²) in [4.78, 5) is 24.7. The highest BCUT2D eigenvalue weighted by atomic mass is 16.4. The topological polar surface area (TPSA) is 89.9 Å². The fourth-order valence-electron chi connectivity index (χ4n) is 2.31. The summed E-state index contributed by atoms with van der Waals surface area (Å²) >= 11 is 0. The molecule has 1 fully saturated rings. The van der Waals surface area contributed by atoms with Crippen LogP contribution in [-0.4, -0.2) is 40.2 Å². The van der Waals surface area contributed by atoms with Crippen molar-refractivity contribution in [3.8, 4) is 5.75 Å². The van der Waals surface area contributed by atoms with Crippen LogP contribution in [0.1, 0.15) is 36.5 Å². The molecule has 6 heteroatoms. The Morgan fingerprint density at radius 2 is 2.10 bits per heavy atom. The molecule has 0 aromatic heterocycles. The number of benzene rings is 1. The van der Waals surface area contributed by atoms with E-state index in [1.807, 2.05) is 6.92 Å². The van der Waals surface area contributed by atoms with Crippen LogP contribution < -0.4 is 5.32 Å². The summed E-state index contributed by atoms with van der Waals surface area (Å²) in [5.41, 5.74) is 0.198. The first-order valence-corrected chi connectivity index (χ1v) is 7.13. The smallest absolute Gasteiger partial charge is 0.335 e.